The second-order valence-electron chi connectivity index (χ2n) is 6.17. The quantitative estimate of drug-likeness (QED) is 0.907. The molecule has 0 amide bonds. The lowest BCUT2D eigenvalue weighted by Crippen LogP contribution is -3.14. The van der Waals surface area contributed by atoms with Crippen LogP contribution in [0.3, 0.4) is 0 Å². The van der Waals surface area contributed by atoms with Crippen LogP contribution >= 0.6 is 11.3 Å². The fraction of sp³-hybridized carbons (Fsp3) is 0.500. The molecule has 1 N–H and O–H groups in total. The zero-order valence-electron chi connectivity index (χ0n) is 12.3. The highest BCUT2D eigenvalue weighted by Crippen LogP contribution is 2.39. The van der Waals surface area contributed by atoms with E-state index in [2.05, 4.69) is 6.07 Å². The number of Topliss-reactive ketones (excluding diaryl/α,β-unsaturated/α-hetero) is 1. The van der Waals surface area contributed by atoms with E-state index in [-0.39, 0.29) is 5.78 Å². The SMILES string of the molecule is N#C[C@]1(CC[NH+]2CCOCC2)Cn2c(cc3sccc32)C1=O. The van der Waals surface area contributed by atoms with Crippen LogP contribution in [0.5, 0.6) is 0 Å². The smallest absolute Gasteiger partial charge is 0.201 e. The molecule has 0 spiro atoms. The highest BCUT2D eigenvalue weighted by Gasteiger charge is 2.47. The highest BCUT2D eigenvalue weighted by atomic mass is 32.1. The minimum absolute atomic E-state index is 0.00561. The number of ketones is 1. The van der Waals surface area contributed by atoms with Gasteiger partial charge in [0, 0.05) is 13.0 Å². The lowest BCUT2D eigenvalue weighted by atomic mass is 9.82. The first-order valence-electron chi connectivity index (χ1n) is 7.68. The van der Waals surface area contributed by atoms with E-state index in [0.29, 0.717) is 18.7 Å². The Morgan fingerprint density at radius 1 is 1.45 bits per heavy atom. The third kappa shape index (κ3) is 2.01. The van der Waals surface area contributed by atoms with Crippen molar-refractivity contribution in [1.29, 1.82) is 5.26 Å². The maximum atomic E-state index is 12.8. The van der Waals surface area contributed by atoms with Crippen LogP contribution in [0.25, 0.3) is 10.2 Å². The van der Waals surface area contributed by atoms with E-state index in [4.69, 9.17) is 4.74 Å². The molecule has 0 unspecified atom stereocenters. The molecule has 6 heteroatoms. The van der Waals surface area contributed by atoms with E-state index in [1.807, 2.05) is 22.1 Å². The number of morpholine rings is 1. The van der Waals surface area contributed by atoms with E-state index >= 15 is 0 Å². The van der Waals surface area contributed by atoms with Crippen LogP contribution < -0.4 is 4.90 Å². The van der Waals surface area contributed by atoms with Gasteiger partial charge in [0.1, 0.15) is 18.5 Å². The van der Waals surface area contributed by atoms with Crippen LogP contribution in [-0.2, 0) is 11.3 Å². The molecule has 0 saturated carbocycles. The Bertz CT molecular complexity index is 766. The molecule has 2 aliphatic heterocycles. The van der Waals surface area contributed by atoms with Crippen molar-refractivity contribution in [2.24, 2.45) is 5.41 Å². The molecule has 0 radical (unpaired) electrons. The van der Waals surface area contributed by atoms with Crippen molar-refractivity contribution in [2.45, 2.75) is 13.0 Å². The van der Waals surface area contributed by atoms with Crippen LogP contribution in [0.15, 0.2) is 17.5 Å². The molecule has 2 aliphatic rings. The van der Waals surface area contributed by atoms with Gasteiger partial charge in [0.05, 0.1) is 41.7 Å². The van der Waals surface area contributed by atoms with E-state index in [1.165, 1.54) is 4.90 Å². The predicted molar refractivity (Wildman–Crippen MR) is 83.2 cm³/mol. The van der Waals surface area contributed by atoms with Crippen molar-refractivity contribution in [3.05, 3.63) is 23.2 Å². The van der Waals surface area contributed by atoms with Gasteiger partial charge in [0.25, 0.3) is 0 Å². The molecule has 22 heavy (non-hydrogen) atoms. The Balaban J connectivity index is 1.57. The number of nitrogens with one attached hydrogen (secondary N) is 1. The van der Waals surface area contributed by atoms with Gasteiger partial charge < -0.3 is 14.2 Å². The Hall–Kier alpha value is -1.68. The average molecular weight is 316 g/mol. The topological polar surface area (TPSA) is 59.5 Å². The van der Waals surface area contributed by atoms with Crippen molar-refractivity contribution in [3.8, 4) is 6.07 Å². The Kier molecular flexibility index (Phi) is 3.30. The standard InChI is InChI=1S/C16H17N3O2S/c17-10-16(2-3-18-4-6-21-7-5-18)11-19-12-1-8-22-14(12)9-13(19)15(16)20/h1,8-9H,2-7,11H2/p+1/t16-/m1/s1. The molecular formula is C16H18N3O2S+. The highest BCUT2D eigenvalue weighted by molar-refractivity contribution is 7.17. The molecule has 4 rings (SSSR count). The summed E-state index contributed by atoms with van der Waals surface area (Å²) >= 11 is 1.64. The fourth-order valence-electron chi connectivity index (χ4n) is 3.56. The number of rotatable bonds is 3. The molecule has 2 aromatic rings. The largest absolute Gasteiger partial charge is 0.370 e. The third-order valence-corrected chi connectivity index (χ3v) is 5.79. The van der Waals surface area contributed by atoms with Gasteiger partial charge >= 0.3 is 0 Å². The molecule has 0 aliphatic carbocycles. The number of quaternary nitrogens is 1. The minimum atomic E-state index is -0.878. The van der Waals surface area contributed by atoms with Crippen molar-refractivity contribution in [3.63, 3.8) is 0 Å². The lowest BCUT2D eigenvalue weighted by Gasteiger charge is -2.26. The summed E-state index contributed by atoms with van der Waals surface area (Å²) in [5.41, 5.74) is 0.918. The first-order chi connectivity index (χ1) is 10.7. The number of nitriles is 1. The van der Waals surface area contributed by atoms with E-state index in [1.54, 1.807) is 11.3 Å². The molecule has 2 aromatic heterocycles. The van der Waals surface area contributed by atoms with E-state index in [0.717, 1.165) is 43.1 Å². The van der Waals surface area contributed by atoms with Gasteiger partial charge in [-0.2, -0.15) is 5.26 Å². The van der Waals surface area contributed by atoms with Crippen LogP contribution in [0.1, 0.15) is 16.9 Å². The Labute approximate surface area is 132 Å². The second kappa shape index (κ2) is 5.20. The summed E-state index contributed by atoms with van der Waals surface area (Å²) < 4.78 is 8.53. The number of carbonyl (C=O) groups excluding carboxylic acids is 1. The molecule has 1 fully saturated rings. The molecule has 4 heterocycles. The van der Waals surface area contributed by atoms with Crippen LogP contribution in [0.4, 0.5) is 0 Å². The molecule has 5 nitrogen and oxygen atoms in total. The maximum Gasteiger partial charge on any atom is 0.201 e. The third-order valence-electron chi connectivity index (χ3n) is 4.94. The normalized spacial score (nSPS) is 25.5. The van der Waals surface area contributed by atoms with Gasteiger partial charge in [-0.25, -0.2) is 0 Å². The summed E-state index contributed by atoms with van der Waals surface area (Å²) in [5, 5.41) is 11.7. The molecular weight excluding hydrogens is 298 g/mol. The first kappa shape index (κ1) is 13.9. The number of thiophene rings is 1. The van der Waals surface area contributed by atoms with Crippen molar-refractivity contribution >= 4 is 27.3 Å². The van der Waals surface area contributed by atoms with Crippen molar-refractivity contribution < 1.29 is 14.4 Å². The summed E-state index contributed by atoms with van der Waals surface area (Å²) in [6.45, 7) is 4.85. The number of aromatic nitrogens is 1. The molecule has 1 atom stereocenters. The number of carbonyl (C=O) groups is 1. The zero-order chi connectivity index (χ0) is 15.2. The van der Waals surface area contributed by atoms with Crippen LogP contribution in [0.2, 0.25) is 0 Å². The van der Waals surface area contributed by atoms with Gasteiger partial charge in [0.15, 0.2) is 0 Å². The van der Waals surface area contributed by atoms with E-state index in [9.17, 15) is 10.1 Å². The van der Waals surface area contributed by atoms with Crippen LogP contribution in [-0.4, -0.2) is 43.2 Å². The zero-order valence-corrected chi connectivity index (χ0v) is 13.1. The van der Waals surface area contributed by atoms with Gasteiger partial charge in [-0.3, -0.25) is 4.79 Å². The first-order valence-corrected chi connectivity index (χ1v) is 8.56. The fourth-order valence-corrected chi connectivity index (χ4v) is 4.38. The number of hydrogen-bond acceptors (Lipinski definition) is 4. The van der Waals surface area contributed by atoms with Gasteiger partial charge in [-0.15, -0.1) is 11.3 Å². The van der Waals surface area contributed by atoms with Crippen molar-refractivity contribution in [2.75, 3.05) is 32.8 Å². The Morgan fingerprint density at radius 2 is 2.27 bits per heavy atom. The van der Waals surface area contributed by atoms with Gasteiger partial charge in [-0.1, -0.05) is 0 Å². The number of fused-ring (bicyclic) bond motifs is 3. The van der Waals surface area contributed by atoms with E-state index < -0.39 is 5.41 Å². The molecule has 114 valence electrons. The monoisotopic (exact) mass is 316 g/mol. The summed E-state index contributed by atoms with van der Waals surface area (Å²) in [6, 6.07) is 6.33. The molecule has 1 saturated heterocycles. The lowest BCUT2D eigenvalue weighted by molar-refractivity contribution is -0.908. The predicted octanol–water partition coefficient (Wildman–Crippen LogP) is 0.714. The average Bonchev–Trinajstić information content (AvgIpc) is 3.20. The summed E-state index contributed by atoms with van der Waals surface area (Å²) in [7, 11) is 0. The number of hydrogen-bond donors (Lipinski definition) is 1. The number of ether oxygens (including phenoxy) is 1. The molecule has 0 bridgehead atoms. The second-order valence-corrected chi connectivity index (χ2v) is 7.12. The van der Waals surface area contributed by atoms with Crippen molar-refractivity contribution in [1.82, 2.24) is 4.57 Å². The summed E-state index contributed by atoms with van der Waals surface area (Å²) in [4.78, 5) is 14.3. The summed E-state index contributed by atoms with van der Waals surface area (Å²) in [5.74, 6) is 0.00561. The van der Waals surface area contributed by atoms with Gasteiger partial charge in [-0.05, 0) is 17.5 Å². The minimum Gasteiger partial charge on any atom is -0.370 e. The maximum absolute atomic E-state index is 12.8. The summed E-state index contributed by atoms with van der Waals surface area (Å²) in [6.07, 6.45) is 0.630. The van der Waals surface area contributed by atoms with Gasteiger partial charge in [0.2, 0.25) is 5.78 Å². The van der Waals surface area contributed by atoms with Crippen LogP contribution in [0, 0.1) is 16.7 Å². The molecule has 0 aromatic carbocycles. The Morgan fingerprint density at radius 3 is 3.05 bits per heavy atom. The number of nitrogens with zero attached hydrogens (tertiary/aromatic N) is 2.